The summed E-state index contributed by atoms with van der Waals surface area (Å²) in [7, 11) is 0. The van der Waals surface area contributed by atoms with Crippen LogP contribution in [0.5, 0.6) is 0 Å². The van der Waals surface area contributed by atoms with Gasteiger partial charge in [-0.05, 0) is 42.0 Å². The minimum atomic E-state index is -0.499. The molecule has 1 aliphatic rings. The normalized spacial score (nSPS) is 12.9. The molecule has 5 nitrogen and oxygen atoms in total. The summed E-state index contributed by atoms with van der Waals surface area (Å²) in [6.07, 6.45) is 1.70. The van der Waals surface area contributed by atoms with Crippen LogP contribution in [0.3, 0.4) is 0 Å². The summed E-state index contributed by atoms with van der Waals surface area (Å²) < 4.78 is 14.0. The van der Waals surface area contributed by atoms with Gasteiger partial charge in [0, 0.05) is 17.5 Å². The molecule has 1 aliphatic carbocycles. The van der Waals surface area contributed by atoms with Crippen LogP contribution in [0, 0.1) is 5.82 Å². The van der Waals surface area contributed by atoms with Gasteiger partial charge in [0.1, 0.15) is 12.4 Å². The van der Waals surface area contributed by atoms with E-state index in [4.69, 9.17) is 0 Å². The Kier molecular flexibility index (Phi) is 6.62. The highest BCUT2D eigenvalue weighted by molar-refractivity contribution is 7.09. The standard InChI is InChI=1S/C24H24FN3O2S/c25-21-10-4-5-11-22(21)26-24(30)28(19-12-13-19)17-23(29)27(16-20-9-6-14-31-20)15-18-7-2-1-3-8-18/h1-11,14,19H,12-13,15-17H2,(H,26,30). The third-order valence-corrected chi connectivity index (χ3v) is 6.03. The van der Waals surface area contributed by atoms with Crippen LogP contribution >= 0.6 is 11.3 Å². The molecule has 1 N–H and O–H groups in total. The van der Waals surface area contributed by atoms with Crippen molar-refractivity contribution in [3.8, 4) is 0 Å². The fourth-order valence-corrected chi connectivity index (χ4v) is 4.09. The van der Waals surface area contributed by atoms with Crippen LogP contribution in [0.2, 0.25) is 0 Å². The number of anilines is 1. The summed E-state index contributed by atoms with van der Waals surface area (Å²) in [4.78, 5) is 30.5. The molecule has 0 saturated heterocycles. The van der Waals surface area contributed by atoms with Crippen molar-refractivity contribution in [1.82, 2.24) is 9.80 Å². The first-order chi connectivity index (χ1) is 15.1. The highest BCUT2D eigenvalue weighted by Gasteiger charge is 2.35. The third kappa shape index (κ3) is 5.70. The average molecular weight is 438 g/mol. The lowest BCUT2D eigenvalue weighted by Crippen LogP contribution is -2.45. The Morgan fingerprint density at radius 2 is 1.71 bits per heavy atom. The predicted octanol–water partition coefficient (Wildman–Crippen LogP) is 5.11. The second-order valence-corrected chi connectivity index (χ2v) is 8.62. The van der Waals surface area contributed by atoms with E-state index in [9.17, 15) is 14.0 Å². The van der Waals surface area contributed by atoms with Gasteiger partial charge in [0.15, 0.2) is 0 Å². The Hall–Kier alpha value is -3.19. The number of rotatable bonds is 8. The molecule has 0 unspecified atom stereocenters. The molecule has 1 fully saturated rings. The van der Waals surface area contributed by atoms with E-state index in [1.807, 2.05) is 47.8 Å². The van der Waals surface area contributed by atoms with Crippen molar-refractivity contribution in [3.63, 3.8) is 0 Å². The number of benzene rings is 2. The Balaban J connectivity index is 1.48. The van der Waals surface area contributed by atoms with Crippen molar-refractivity contribution in [2.24, 2.45) is 0 Å². The molecular formula is C24H24FN3O2S. The van der Waals surface area contributed by atoms with Crippen LogP contribution < -0.4 is 5.32 Å². The first kappa shape index (κ1) is 21.1. The molecule has 3 amide bonds. The van der Waals surface area contributed by atoms with Gasteiger partial charge in [-0.25, -0.2) is 9.18 Å². The molecule has 3 aromatic rings. The molecule has 2 aromatic carbocycles. The lowest BCUT2D eigenvalue weighted by Gasteiger charge is -2.28. The van der Waals surface area contributed by atoms with E-state index in [1.54, 1.807) is 28.4 Å². The number of carbonyl (C=O) groups is 2. The number of hydrogen-bond acceptors (Lipinski definition) is 3. The second-order valence-electron chi connectivity index (χ2n) is 7.58. The van der Waals surface area contributed by atoms with Crippen molar-refractivity contribution >= 4 is 29.0 Å². The lowest BCUT2D eigenvalue weighted by molar-refractivity contribution is -0.133. The smallest absolute Gasteiger partial charge is 0.322 e. The van der Waals surface area contributed by atoms with Gasteiger partial charge >= 0.3 is 6.03 Å². The zero-order chi connectivity index (χ0) is 21.6. The average Bonchev–Trinajstić information content (AvgIpc) is 3.49. The Morgan fingerprint density at radius 3 is 2.39 bits per heavy atom. The molecule has 160 valence electrons. The van der Waals surface area contributed by atoms with Crippen molar-refractivity contribution in [2.45, 2.75) is 32.0 Å². The molecule has 0 bridgehead atoms. The fourth-order valence-electron chi connectivity index (χ4n) is 3.37. The number of amides is 3. The Bertz CT molecular complexity index is 1020. The molecule has 1 heterocycles. The molecule has 0 atom stereocenters. The number of hydrogen-bond donors (Lipinski definition) is 1. The number of carbonyl (C=O) groups excluding carboxylic acids is 2. The third-order valence-electron chi connectivity index (χ3n) is 5.17. The van der Waals surface area contributed by atoms with Gasteiger partial charge in [-0.3, -0.25) is 4.79 Å². The fraction of sp³-hybridized carbons (Fsp3) is 0.250. The molecule has 0 spiro atoms. The van der Waals surface area contributed by atoms with E-state index in [2.05, 4.69) is 5.32 Å². The van der Waals surface area contributed by atoms with Gasteiger partial charge in [0.05, 0.1) is 12.2 Å². The monoisotopic (exact) mass is 437 g/mol. The van der Waals surface area contributed by atoms with E-state index in [1.165, 1.54) is 17.0 Å². The molecule has 1 aromatic heterocycles. The predicted molar refractivity (Wildman–Crippen MR) is 120 cm³/mol. The minimum Gasteiger partial charge on any atom is -0.332 e. The number of nitrogens with one attached hydrogen (secondary N) is 1. The van der Waals surface area contributed by atoms with E-state index in [0.29, 0.717) is 13.1 Å². The molecular weight excluding hydrogens is 413 g/mol. The van der Waals surface area contributed by atoms with Gasteiger partial charge in [-0.2, -0.15) is 0 Å². The summed E-state index contributed by atoms with van der Waals surface area (Å²) in [6, 6.07) is 19.4. The Morgan fingerprint density at radius 1 is 0.968 bits per heavy atom. The first-order valence-electron chi connectivity index (χ1n) is 10.3. The number of para-hydroxylation sites is 1. The Labute approximate surface area is 185 Å². The van der Waals surface area contributed by atoms with E-state index in [-0.39, 0.29) is 24.2 Å². The maximum absolute atomic E-state index is 14.0. The largest absolute Gasteiger partial charge is 0.332 e. The van der Waals surface area contributed by atoms with Gasteiger partial charge in [0.2, 0.25) is 5.91 Å². The zero-order valence-corrected chi connectivity index (χ0v) is 17.9. The second kappa shape index (κ2) is 9.75. The number of urea groups is 1. The lowest BCUT2D eigenvalue weighted by atomic mass is 10.2. The molecule has 1 saturated carbocycles. The summed E-state index contributed by atoms with van der Waals surface area (Å²) in [6.45, 7) is 0.910. The van der Waals surface area contributed by atoms with Gasteiger partial charge < -0.3 is 15.1 Å². The molecule has 31 heavy (non-hydrogen) atoms. The van der Waals surface area contributed by atoms with Crippen LogP contribution in [-0.4, -0.2) is 34.3 Å². The summed E-state index contributed by atoms with van der Waals surface area (Å²) in [5, 5.41) is 4.60. The molecule has 0 aliphatic heterocycles. The number of thiophene rings is 1. The maximum Gasteiger partial charge on any atom is 0.322 e. The molecule has 7 heteroatoms. The number of halogens is 1. The quantitative estimate of drug-likeness (QED) is 0.532. The van der Waals surface area contributed by atoms with Crippen molar-refractivity contribution in [2.75, 3.05) is 11.9 Å². The van der Waals surface area contributed by atoms with Crippen molar-refractivity contribution < 1.29 is 14.0 Å². The van der Waals surface area contributed by atoms with Crippen LogP contribution in [-0.2, 0) is 17.9 Å². The zero-order valence-electron chi connectivity index (χ0n) is 17.0. The van der Waals surface area contributed by atoms with E-state index >= 15 is 0 Å². The highest BCUT2D eigenvalue weighted by Crippen LogP contribution is 2.28. The van der Waals surface area contributed by atoms with E-state index in [0.717, 1.165) is 23.3 Å². The van der Waals surface area contributed by atoms with Crippen LogP contribution in [0.4, 0.5) is 14.9 Å². The van der Waals surface area contributed by atoms with Gasteiger partial charge in [0.25, 0.3) is 0 Å². The van der Waals surface area contributed by atoms with E-state index < -0.39 is 11.8 Å². The minimum absolute atomic E-state index is 0.0102. The maximum atomic E-state index is 14.0. The van der Waals surface area contributed by atoms with Crippen molar-refractivity contribution in [3.05, 3.63) is 88.4 Å². The van der Waals surface area contributed by atoms with Crippen LogP contribution in [0.1, 0.15) is 23.3 Å². The van der Waals surface area contributed by atoms with Gasteiger partial charge in [-0.15, -0.1) is 11.3 Å². The van der Waals surface area contributed by atoms with Crippen LogP contribution in [0.25, 0.3) is 0 Å². The SMILES string of the molecule is O=C(CN(C(=O)Nc1ccccc1F)C1CC1)N(Cc1ccccc1)Cc1cccs1. The topological polar surface area (TPSA) is 52.7 Å². The van der Waals surface area contributed by atoms with Crippen molar-refractivity contribution in [1.29, 1.82) is 0 Å². The summed E-state index contributed by atoms with van der Waals surface area (Å²) in [5.41, 5.74) is 1.14. The summed E-state index contributed by atoms with van der Waals surface area (Å²) >= 11 is 1.60. The molecule has 0 radical (unpaired) electrons. The first-order valence-corrected chi connectivity index (χ1v) is 11.1. The number of nitrogens with zero attached hydrogens (tertiary/aromatic N) is 2. The van der Waals surface area contributed by atoms with Gasteiger partial charge in [-0.1, -0.05) is 48.5 Å². The highest BCUT2D eigenvalue weighted by atomic mass is 32.1. The summed E-state index contributed by atoms with van der Waals surface area (Å²) in [5.74, 6) is -0.630. The molecule has 4 rings (SSSR count). The van der Waals surface area contributed by atoms with Crippen LogP contribution in [0.15, 0.2) is 72.1 Å².